The van der Waals surface area contributed by atoms with Gasteiger partial charge in [0.05, 0.1) is 24.4 Å². The molecule has 5 aliphatic rings. The Bertz CT molecular complexity index is 1350. The smallest absolute Gasteiger partial charge is 0.327 e. The van der Waals surface area contributed by atoms with Crippen LogP contribution >= 0.6 is 11.8 Å². The summed E-state index contributed by atoms with van der Waals surface area (Å²) >= 11 is 1.56. The third-order valence-electron chi connectivity index (χ3n) is 11.0. The summed E-state index contributed by atoms with van der Waals surface area (Å²) in [5.41, 5.74) is 5.28. The Kier molecular flexibility index (Phi) is 8.67. The number of aliphatic hydroxyl groups is 1. The number of aromatic nitrogens is 4. The minimum absolute atomic E-state index is 0.00430. The fourth-order valence-corrected chi connectivity index (χ4v) is 10.8. The summed E-state index contributed by atoms with van der Waals surface area (Å²) in [5, 5.41) is 42.0. The highest BCUT2D eigenvalue weighted by molar-refractivity contribution is 8.00. The molecule has 0 bridgehead atoms. The third kappa shape index (κ3) is 5.73. The number of Topliss-reactive ketones (excluding diaryl/α,β-unsaturated/α-hetero) is 1. The largest absolute Gasteiger partial charge is 0.480 e. The van der Waals surface area contributed by atoms with Crippen molar-refractivity contribution in [3.05, 3.63) is 6.33 Å². The van der Waals surface area contributed by atoms with Gasteiger partial charge in [0.2, 0.25) is 11.8 Å². The summed E-state index contributed by atoms with van der Waals surface area (Å²) in [6, 6.07) is -1.60. The van der Waals surface area contributed by atoms with Gasteiger partial charge in [-0.15, -0.1) is 5.10 Å². The van der Waals surface area contributed by atoms with Crippen molar-refractivity contribution in [1.29, 1.82) is 5.41 Å². The van der Waals surface area contributed by atoms with Crippen molar-refractivity contribution in [2.75, 3.05) is 26.2 Å². The minimum atomic E-state index is -1.03. The summed E-state index contributed by atoms with van der Waals surface area (Å²) in [4.78, 5) is 55.4. The molecule has 1 aromatic heterocycles. The van der Waals surface area contributed by atoms with E-state index < -0.39 is 17.9 Å². The highest BCUT2D eigenvalue weighted by atomic mass is 32.2. The molecule has 5 heterocycles. The second-order valence-electron chi connectivity index (χ2n) is 14.0. The molecule has 4 saturated heterocycles. The monoisotopic (exact) mass is 645 g/mol. The van der Waals surface area contributed by atoms with Crippen LogP contribution in [0.3, 0.4) is 0 Å². The topological polar surface area (TPSA) is 221 Å². The lowest BCUT2D eigenvalue weighted by atomic mass is 9.73. The number of tetrazole rings is 1. The van der Waals surface area contributed by atoms with Gasteiger partial charge in [0, 0.05) is 54.4 Å². The zero-order valence-electron chi connectivity index (χ0n) is 25.6. The molecule has 6 N–H and O–H groups in total. The molecule has 1 saturated carbocycles. The van der Waals surface area contributed by atoms with Crippen molar-refractivity contribution < 1.29 is 29.4 Å². The average molecular weight is 646 g/mol. The number of fused-ring (bicyclic) bond motifs is 2. The van der Waals surface area contributed by atoms with E-state index in [1.54, 1.807) is 11.8 Å². The number of thioether (sulfide) groups is 1. The lowest BCUT2D eigenvalue weighted by Crippen LogP contribution is -2.64. The number of hydrogen-bond acceptors (Lipinski definition) is 11. The number of carbonyl (C=O) groups is 4. The van der Waals surface area contributed by atoms with Crippen molar-refractivity contribution >= 4 is 41.2 Å². The molecular formula is C29H43N9O6S. The molecule has 7 unspecified atom stereocenters. The molecule has 0 aromatic carbocycles. The van der Waals surface area contributed by atoms with E-state index in [2.05, 4.69) is 20.8 Å². The Hall–Kier alpha value is -3.11. The first kappa shape index (κ1) is 31.9. The number of hydrogen-bond donors (Lipinski definition) is 5. The van der Waals surface area contributed by atoms with Crippen LogP contribution in [0.4, 0.5) is 0 Å². The van der Waals surface area contributed by atoms with Crippen molar-refractivity contribution in [2.45, 2.75) is 81.1 Å². The van der Waals surface area contributed by atoms with Gasteiger partial charge in [-0.25, -0.2) is 9.48 Å². The number of carbonyl (C=O) groups excluding carboxylic acids is 3. The number of aliphatic carboxylic acids is 1. The number of rotatable bonds is 12. The molecule has 45 heavy (non-hydrogen) atoms. The number of β-lactam (4-membered cyclic amide) rings is 1. The van der Waals surface area contributed by atoms with Crippen LogP contribution < -0.4 is 11.1 Å². The fraction of sp³-hybridized carbons (Fsp3) is 0.793. The summed E-state index contributed by atoms with van der Waals surface area (Å²) in [6.07, 6.45) is 4.22. The minimum Gasteiger partial charge on any atom is -0.480 e. The van der Waals surface area contributed by atoms with Crippen molar-refractivity contribution in [3.8, 4) is 0 Å². The number of aliphatic hydroxyl groups excluding tert-OH is 1. The number of likely N-dealkylation sites (tertiary alicyclic amines) is 1. The predicted molar refractivity (Wildman–Crippen MR) is 162 cm³/mol. The summed E-state index contributed by atoms with van der Waals surface area (Å²) in [7, 11) is 0. The normalized spacial score (nSPS) is 37.8. The van der Waals surface area contributed by atoms with Crippen molar-refractivity contribution in [3.63, 3.8) is 0 Å². The maximum atomic E-state index is 13.6. The van der Waals surface area contributed by atoms with Crippen LogP contribution in [0, 0.1) is 40.4 Å². The number of ketones is 1. The summed E-state index contributed by atoms with van der Waals surface area (Å²) in [5.74, 6) is -1.51. The molecule has 2 amide bonds. The van der Waals surface area contributed by atoms with E-state index in [9.17, 15) is 29.4 Å². The number of nitrogens with one attached hydrogen (secondary N) is 2. The molecule has 6 rings (SSSR count). The molecule has 0 radical (unpaired) electrons. The van der Waals surface area contributed by atoms with Gasteiger partial charge < -0.3 is 31.1 Å². The third-order valence-corrected chi connectivity index (χ3v) is 12.8. The lowest BCUT2D eigenvalue weighted by Gasteiger charge is -2.48. The van der Waals surface area contributed by atoms with E-state index >= 15 is 0 Å². The molecule has 16 heteroatoms. The van der Waals surface area contributed by atoms with Gasteiger partial charge >= 0.3 is 5.97 Å². The van der Waals surface area contributed by atoms with E-state index in [-0.39, 0.29) is 94.7 Å². The van der Waals surface area contributed by atoms with Gasteiger partial charge in [-0.1, -0.05) is 13.8 Å². The molecule has 1 aliphatic carbocycles. The van der Waals surface area contributed by atoms with Crippen LogP contribution in [-0.4, -0.2) is 124 Å². The number of amides is 2. The molecule has 1 aromatic rings. The first-order valence-electron chi connectivity index (χ1n) is 15.8. The zero-order valence-corrected chi connectivity index (χ0v) is 26.4. The van der Waals surface area contributed by atoms with Gasteiger partial charge in [-0.2, -0.15) is 11.8 Å². The molecule has 11 atom stereocenters. The van der Waals surface area contributed by atoms with Gasteiger partial charge in [0.25, 0.3) is 0 Å². The van der Waals surface area contributed by atoms with Crippen LogP contribution in [0.15, 0.2) is 6.33 Å². The van der Waals surface area contributed by atoms with Crippen LogP contribution in [0.25, 0.3) is 0 Å². The number of nitrogens with zero attached hydrogens (tertiary/aromatic N) is 6. The maximum absolute atomic E-state index is 13.6. The molecular weight excluding hydrogens is 602 g/mol. The highest BCUT2D eigenvalue weighted by Gasteiger charge is 2.65. The second-order valence-corrected chi connectivity index (χ2v) is 15.5. The van der Waals surface area contributed by atoms with Crippen LogP contribution in [0.2, 0.25) is 0 Å². The first-order valence-corrected chi connectivity index (χ1v) is 16.8. The highest BCUT2D eigenvalue weighted by Crippen LogP contribution is 2.53. The Labute approximate surface area is 265 Å². The average Bonchev–Trinajstić information content (AvgIpc) is 3.78. The molecule has 4 aliphatic heterocycles. The molecule has 246 valence electrons. The number of carboxylic acid groups (broad SMARTS) is 1. The molecule has 5 fully saturated rings. The Morgan fingerprint density at radius 3 is 2.73 bits per heavy atom. The van der Waals surface area contributed by atoms with Crippen molar-refractivity contribution in [2.24, 2.45) is 40.7 Å². The van der Waals surface area contributed by atoms with E-state index in [0.717, 1.165) is 12.8 Å². The second kappa shape index (κ2) is 12.2. The van der Waals surface area contributed by atoms with E-state index in [1.807, 2.05) is 18.7 Å². The predicted octanol–water partition coefficient (Wildman–Crippen LogP) is -0.796. The number of amidine groups is 1. The van der Waals surface area contributed by atoms with Crippen LogP contribution in [0.1, 0.15) is 46.0 Å². The van der Waals surface area contributed by atoms with Crippen molar-refractivity contribution in [1.82, 2.24) is 35.3 Å². The number of carboxylic acids is 1. The standard InChI is InChI=1S/C29H43N9O6S/c1-14(3-18(40)10-37-13-33-34-35-37)22-23-15(2)25(24(28(43)44)38(23)27(22)42)45-19-6-20(32-8-19)26(41)36-9-17-4-16(5-21(30)31)7-29(17,11-36)12-39/h13-17,19-20,22-25,32,39H,3-12H2,1-2H3,(H3,30,31)(H,43,44)/t14?,15-,16?,17?,19?,20?,22-,23-,24?,25?,29-/m1/s1. The Morgan fingerprint density at radius 2 is 2.09 bits per heavy atom. The van der Waals surface area contributed by atoms with Crippen LogP contribution in [0.5, 0.6) is 0 Å². The van der Waals surface area contributed by atoms with E-state index in [4.69, 9.17) is 11.1 Å². The Balaban J connectivity index is 1.05. The first-order chi connectivity index (χ1) is 21.4. The quantitative estimate of drug-likeness (QED) is 0.107. The van der Waals surface area contributed by atoms with Gasteiger partial charge in [0.1, 0.15) is 18.9 Å². The SMILES string of the molecule is CC(CC(=O)Cn1cnnn1)[C@H]1C(=O)N2C(C(=O)O)C(SC3CNC(C(=O)N4CC5CC(CC(=N)N)C[C@]5(CO)C4)C3)[C@H](C)[C@H]12. The van der Waals surface area contributed by atoms with Crippen LogP contribution in [-0.2, 0) is 25.7 Å². The summed E-state index contributed by atoms with van der Waals surface area (Å²) in [6.45, 7) is 5.53. The lowest BCUT2D eigenvalue weighted by molar-refractivity contribution is -0.168. The maximum Gasteiger partial charge on any atom is 0.327 e. The Morgan fingerprint density at radius 1 is 1.31 bits per heavy atom. The molecule has 0 spiro atoms. The zero-order chi connectivity index (χ0) is 32.2. The fourth-order valence-electron chi connectivity index (χ4n) is 9.09. The van der Waals surface area contributed by atoms with Gasteiger partial charge in [0.15, 0.2) is 5.78 Å². The van der Waals surface area contributed by atoms with Gasteiger partial charge in [-0.3, -0.25) is 19.8 Å². The molecule has 15 nitrogen and oxygen atoms in total. The van der Waals surface area contributed by atoms with E-state index in [1.165, 1.54) is 15.9 Å². The van der Waals surface area contributed by atoms with E-state index in [0.29, 0.717) is 32.5 Å². The number of nitrogens with two attached hydrogens (primary N) is 1. The van der Waals surface area contributed by atoms with Gasteiger partial charge in [-0.05, 0) is 53.4 Å². The summed E-state index contributed by atoms with van der Waals surface area (Å²) < 4.78 is 1.34.